The summed E-state index contributed by atoms with van der Waals surface area (Å²) in [6, 6.07) is 13.1. The van der Waals surface area contributed by atoms with Crippen molar-refractivity contribution in [3.05, 3.63) is 89.0 Å². The Bertz CT molecular complexity index is 1170. The first kappa shape index (κ1) is 22.7. The number of benzene rings is 2. The number of halogens is 2. The third-order valence-corrected chi connectivity index (χ3v) is 6.37. The van der Waals surface area contributed by atoms with E-state index in [1.165, 1.54) is 36.7 Å². The molecule has 0 aliphatic carbocycles. The van der Waals surface area contributed by atoms with Crippen LogP contribution in [0.2, 0.25) is 5.02 Å². The average Bonchev–Trinajstić information content (AvgIpc) is 2.74. The molecule has 0 saturated carbocycles. The maximum absolute atomic E-state index is 14.4. The third kappa shape index (κ3) is 5.39. The van der Waals surface area contributed by atoms with Crippen molar-refractivity contribution in [2.24, 2.45) is 0 Å². The van der Waals surface area contributed by atoms with E-state index < -0.39 is 21.7 Å². The van der Waals surface area contributed by atoms with Crippen molar-refractivity contribution in [2.75, 3.05) is 4.31 Å². The molecule has 1 heterocycles. The van der Waals surface area contributed by atoms with E-state index in [1.807, 2.05) is 0 Å². The maximum Gasteiger partial charge on any atom is 0.266 e. The molecule has 31 heavy (non-hydrogen) atoms. The molecule has 3 aromatic rings. The lowest BCUT2D eigenvalue weighted by molar-refractivity contribution is 0.0939. The lowest BCUT2D eigenvalue weighted by Crippen LogP contribution is -2.33. The molecule has 0 bridgehead atoms. The standard InChI is InChI=1S/C22H21ClFN3O3S/c1-15(2)26-22(28)20-12-18(9-10-21(20)24)27(14-16-5-7-17(23)8-6-16)31(29,30)19-4-3-11-25-13-19/h3-13,15H,14H2,1-2H3,(H,26,28). The highest BCUT2D eigenvalue weighted by molar-refractivity contribution is 7.92. The van der Waals surface area contributed by atoms with E-state index in [0.717, 1.165) is 10.4 Å². The lowest BCUT2D eigenvalue weighted by atomic mass is 10.1. The molecule has 9 heteroatoms. The number of nitrogens with one attached hydrogen (secondary N) is 1. The van der Waals surface area contributed by atoms with Gasteiger partial charge in [-0.1, -0.05) is 23.7 Å². The van der Waals surface area contributed by atoms with Crippen molar-refractivity contribution >= 4 is 33.2 Å². The van der Waals surface area contributed by atoms with Crippen LogP contribution in [0.3, 0.4) is 0 Å². The maximum atomic E-state index is 14.4. The van der Waals surface area contributed by atoms with E-state index in [1.54, 1.807) is 38.1 Å². The van der Waals surface area contributed by atoms with Crippen molar-refractivity contribution in [3.8, 4) is 0 Å². The fraction of sp³-hybridized carbons (Fsp3) is 0.182. The van der Waals surface area contributed by atoms with Gasteiger partial charge in [0.05, 0.1) is 17.8 Å². The number of sulfonamides is 1. The Labute approximate surface area is 185 Å². The number of amides is 1. The molecule has 1 amide bonds. The summed E-state index contributed by atoms with van der Waals surface area (Å²) in [4.78, 5) is 16.3. The molecule has 0 radical (unpaired) electrons. The quantitative estimate of drug-likeness (QED) is 0.565. The minimum absolute atomic E-state index is 0.0264. The predicted molar refractivity (Wildman–Crippen MR) is 118 cm³/mol. The van der Waals surface area contributed by atoms with Gasteiger partial charge < -0.3 is 5.32 Å². The first-order valence-electron chi connectivity index (χ1n) is 9.46. The summed E-state index contributed by atoms with van der Waals surface area (Å²) in [5, 5.41) is 3.13. The number of aromatic nitrogens is 1. The van der Waals surface area contributed by atoms with Gasteiger partial charge in [0, 0.05) is 23.5 Å². The second-order valence-corrected chi connectivity index (χ2v) is 9.42. The molecule has 0 atom stereocenters. The highest BCUT2D eigenvalue weighted by Crippen LogP contribution is 2.28. The number of nitrogens with zero attached hydrogens (tertiary/aromatic N) is 2. The first-order valence-corrected chi connectivity index (χ1v) is 11.3. The van der Waals surface area contributed by atoms with Crippen LogP contribution in [0.25, 0.3) is 0 Å². The number of carbonyl (C=O) groups is 1. The van der Waals surface area contributed by atoms with E-state index in [4.69, 9.17) is 11.6 Å². The van der Waals surface area contributed by atoms with Crippen LogP contribution in [-0.4, -0.2) is 25.4 Å². The molecule has 0 spiro atoms. The van der Waals surface area contributed by atoms with Crippen molar-refractivity contribution in [1.29, 1.82) is 0 Å². The van der Waals surface area contributed by atoms with Gasteiger partial charge in [-0.3, -0.25) is 14.1 Å². The third-order valence-electron chi connectivity index (χ3n) is 4.36. The monoisotopic (exact) mass is 461 g/mol. The summed E-state index contributed by atoms with van der Waals surface area (Å²) >= 11 is 5.94. The fourth-order valence-corrected chi connectivity index (χ4v) is 4.42. The topological polar surface area (TPSA) is 79.4 Å². The first-order chi connectivity index (χ1) is 14.7. The molecular weight excluding hydrogens is 441 g/mol. The van der Waals surface area contributed by atoms with E-state index in [2.05, 4.69) is 10.3 Å². The van der Waals surface area contributed by atoms with Crippen molar-refractivity contribution in [1.82, 2.24) is 10.3 Å². The number of hydrogen-bond donors (Lipinski definition) is 1. The van der Waals surface area contributed by atoms with Crippen LogP contribution in [-0.2, 0) is 16.6 Å². The summed E-state index contributed by atoms with van der Waals surface area (Å²) in [5.41, 5.74) is 0.567. The summed E-state index contributed by atoms with van der Waals surface area (Å²) < 4.78 is 42.3. The largest absolute Gasteiger partial charge is 0.350 e. The van der Waals surface area contributed by atoms with E-state index in [-0.39, 0.29) is 28.7 Å². The van der Waals surface area contributed by atoms with Crippen LogP contribution in [0.5, 0.6) is 0 Å². The Kier molecular flexibility index (Phi) is 6.92. The van der Waals surface area contributed by atoms with Gasteiger partial charge in [-0.05, 0) is 61.9 Å². The van der Waals surface area contributed by atoms with Gasteiger partial charge in [0.2, 0.25) is 0 Å². The zero-order valence-electron chi connectivity index (χ0n) is 16.9. The smallest absolute Gasteiger partial charge is 0.266 e. The highest BCUT2D eigenvalue weighted by Gasteiger charge is 2.27. The Balaban J connectivity index is 2.10. The molecule has 1 N–H and O–H groups in total. The SMILES string of the molecule is CC(C)NC(=O)c1cc(N(Cc2ccc(Cl)cc2)S(=O)(=O)c2cccnc2)ccc1F. The van der Waals surface area contributed by atoms with Crippen LogP contribution in [0, 0.1) is 5.82 Å². The zero-order chi connectivity index (χ0) is 22.6. The molecule has 0 aliphatic rings. The molecule has 162 valence electrons. The molecule has 1 aromatic heterocycles. The molecule has 6 nitrogen and oxygen atoms in total. The second-order valence-electron chi connectivity index (χ2n) is 7.12. The zero-order valence-corrected chi connectivity index (χ0v) is 18.5. The number of pyridine rings is 1. The average molecular weight is 462 g/mol. The minimum Gasteiger partial charge on any atom is -0.350 e. The Morgan fingerprint density at radius 3 is 2.48 bits per heavy atom. The predicted octanol–water partition coefficient (Wildman–Crippen LogP) is 4.41. The number of carbonyl (C=O) groups excluding carboxylic acids is 1. The Morgan fingerprint density at radius 1 is 1.16 bits per heavy atom. The van der Waals surface area contributed by atoms with Gasteiger partial charge >= 0.3 is 0 Å². The van der Waals surface area contributed by atoms with Crippen LogP contribution in [0.15, 0.2) is 71.9 Å². The summed E-state index contributed by atoms with van der Waals surface area (Å²) in [7, 11) is -4.06. The van der Waals surface area contributed by atoms with Crippen molar-refractivity contribution < 1.29 is 17.6 Å². The molecule has 0 unspecified atom stereocenters. The molecule has 2 aromatic carbocycles. The fourth-order valence-electron chi connectivity index (χ4n) is 2.88. The van der Waals surface area contributed by atoms with E-state index >= 15 is 0 Å². The summed E-state index contributed by atoms with van der Waals surface area (Å²) in [6.45, 7) is 3.45. The van der Waals surface area contributed by atoms with Crippen molar-refractivity contribution in [3.63, 3.8) is 0 Å². The van der Waals surface area contributed by atoms with Gasteiger partial charge in [0.25, 0.3) is 15.9 Å². The molecule has 0 saturated heterocycles. The van der Waals surface area contributed by atoms with Gasteiger partial charge in [-0.15, -0.1) is 0 Å². The summed E-state index contributed by atoms with van der Waals surface area (Å²) in [6.07, 6.45) is 2.70. The highest BCUT2D eigenvalue weighted by atomic mass is 35.5. The molecule has 0 aliphatic heterocycles. The number of hydrogen-bond acceptors (Lipinski definition) is 4. The van der Waals surface area contributed by atoms with Crippen molar-refractivity contribution in [2.45, 2.75) is 31.3 Å². The Hall–Kier alpha value is -2.97. The van der Waals surface area contributed by atoms with E-state index in [9.17, 15) is 17.6 Å². The summed E-state index contributed by atoms with van der Waals surface area (Å²) in [5.74, 6) is -1.37. The minimum atomic E-state index is -4.06. The van der Waals surface area contributed by atoms with Crippen LogP contribution < -0.4 is 9.62 Å². The Morgan fingerprint density at radius 2 is 1.87 bits per heavy atom. The molecular formula is C22H21ClFN3O3S. The van der Waals surface area contributed by atoms with Crippen LogP contribution in [0.4, 0.5) is 10.1 Å². The van der Waals surface area contributed by atoms with Gasteiger partial charge in [0.1, 0.15) is 10.7 Å². The van der Waals surface area contributed by atoms with Crippen LogP contribution >= 0.6 is 11.6 Å². The van der Waals surface area contributed by atoms with Gasteiger partial charge in [0.15, 0.2) is 0 Å². The van der Waals surface area contributed by atoms with Crippen LogP contribution in [0.1, 0.15) is 29.8 Å². The number of anilines is 1. The van der Waals surface area contributed by atoms with Gasteiger partial charge in [-0.2, -0.15) is 0 Å². The molecule has 3 rings (SSSR count). The van der Waals surface area contributed by atoms with E-state index in [0.29, 0.717) is 10.6 Å². The molecule has 0 fully saturated rings. The second kappa shape index (κ2) is 9.45. The number of rotatable bonds is 7. The lowest BCUT2D eigenvalue weighted by Gasteiger charge is -2.25. The van der Waals surface area contributed by atoms with Gasteiger partial charge in [-0.25, -0.2) is 12.8 Å². The normalized spacial score (nSPS) is 11.4.